The van der Waals surface area contributed by atoms with Gasteiger partial charge >= 0.3 is 6.03 Å². The number of benzene rings is 2. The molecular weight excluding hydrogens is 483 g/mol. The Labute approximate surface area is 222 Å². The van der Waals surface area contributed by atoms with Crippen LogP contribution in [0.4, 0.5) is 14.9 Å². The molecule has 1 aromatic heterocycles. The van der Waals surface area contributed by atoms with E-state index in [2.05, 4.69) is 43.0 Å². The van der Waals surface area contributed by atoms with E-state index in [1.165, 1.54) is 12.1 Å². The van der Waals surface area contributed by atoms with Crippen molar-refractivity contribution in [3.63, 3.8) is 0 Å². The number of piperazine rings is 1. The van der Waals surface area contributed by atoms with E-state index in [4.69, 9.17) is 0 Å². The van der Waals surface area contributed by atoms with Gasteiger partial charge in [-0.15, -0.1) is 0 Å². The van der Waals surface area contributed by atoms with E-state index in [-0.39, 0.29) is 17.8 Å². The van der Waals surface area contributed by atoms with Crippen LogP contribution in [0.25, 0.3) is 0 Å². The lowest BCUT2D eigenvalue weighted by Crippen LogP contribution is -2.46. The summed E-state index contributed by atoms with van der Waals surface area (Å²) in [5, 5.41) is 11.9. The van der Waals surface area contributed by atoms with Gasteiger partial charge in [-0.05, 0) is 60.5 Å². The Morgan fingerprint density at radius 2 is 1.82 bits per heavy atom. The summed E-state index contributed by atoms with van der Waals surface area (Å²) in [6, 6.07) is 14.3. The number of amides is 3. The van der Waals surface area contributed by atoms with E-state index in [1.54, 1.807) is 42.7 Å². The molecule has 2 heterocycles. The summed E-state index contributed by atoms with van der Waals surface area (Å²) in [4.78, 5) is 31.8. The molecule has 0 radical (unpaired) electrons. The number of anilines is 1. The first-order valence-corrected chi connectivity index (χ1v) is 12.6. The molecule has 4 N–H and O–H groups in total. The highest BCUT2D eigenvalue weighted by Crippen LogP contribution is 2.16. The van der Waals surface area contributed by atoms with Crippen LogP contribution in [0.5, 0.6) is 0 Å². The monoisotopic (exact) mass is 514 g/mol. The molecule has 0 bridgehead atoms. The first-order chi connectivity index (χ1) is 18.6. The fourth-order valence-corrected chi connectivity index (χ4v) is 4.00. The molecule has 196 valence electrons. The molecule has 0 aliphatic carbocycles. The molecule has 8 nitrogen and oxygen atoms in total. The molecule has 1 saturated heterocycles. The molecule has 2 aromatic carbocycles. The number of nitrogens with zero attached hydrogens (tertiary/aromatic N) is 2. The number of carbonyl (C=O) groups is 2. The molecule has 0 spiro atoms. The predicted molar refractivity (Wildman–Crippen MR) is 145 cm³/mol. The van der Waals surface area contributed by atoms with Crippen LogP contribution in [-0.4, -0.2) is 67.6 Å². The Kier molecular flexibility index (Phi) is 9.79. The number of halogens is 1. The van der Waals surface area contributed by atoms with Gasteiger partial charge in [0.1, 0.15) is 5.82 Å². The lowest BCUT2D eigenvalue weighted by molar-refractivity contribution is 0.0947. The Morgan fingerprint density at radius 1 is 1.00 bits per heavy atom. The maximum atomic E-state index is 13.3. The van der Waals surface area contributed by atoms with E-state index in [0.717, 1.165) is 38.3 Å². The molecular formula is C29H31FN6O2. The Morgan fingerprint density at radius 3 is 2.58 bits per heavy atom. The van der Waals surface area contributed by atoms with Crippen LogP contribution in [0, 0.1) is 17.7 Å². The van der Waals surface area contributed by atoms with Gasteiger partial charge in [-0.3, -0.25) is 14.7 Å². The van der Waals surface area contributed by atoms with E-state index in [9.17, 15) is 14.0 Å². The minimum atomic E-state index is -0.362. The fraction of sp³-hybridized carbons (Fsp3) is 0.276. The molecule has 4 rings (SSSR count). The van der Waals surface area contributed by atoms with Crippen LogP contribution in [0.3, 0.4) is 0 Å². The molecule has 38 heavy (non-hydrogen) atoms. The summed E-state index contributed by atoms with van der Waals surface area (Å²) in [5.41, 5.74) is 3.01. The van der Waals surface area contributed by atoms with Crippen LogP contribution < -0.4 is 21.3 Å². The van der Waals surface area contributed by atoms with Gasteiger partial charge in [-0.25, -0.2) is 9.18 Å². The molecule has 1 aliphatic heterocycles. The van der Waals surface area contributed by atoms with Gasteiger partial charge in [0.2, 0.25) is 0 Å². The van der Waals surface area contributed by atoms with Crippen molar-refractivity contribution in [2.24, 2.45) is 0 Å². The number of urea groups is 1. The van der Waals surface area contributed by atoms with Crippen molar-refractivity contribution in [1.82, 2.24) is 25.8 Å². The molecule has 9 heteroatoms. The first kappa shape index (κ1) is 26.8. The van der Waals surface area contributed by atoms with Crippen LogP contribution in [-0.2, 0) is 6.42 Å². The van der Waals surface area contributed by atoms with Gasteiger partial charge in [0.05, 0.1) is 5.56 Å². The standard InChI is InChI=1S/C29H31FN6O2/c30-25-7-4-22(5-8-25)3-6-24-20-26(35-29(38)34-13-11-23-2-1-12-32-21-23)9-10-27(24)28(37)33-16-19-36-17-14-31-15-18-36/h1-2,4-5,7-10,12,20-21,31H,11,13-19H2,(H,33,37)(H2,34,35,38). The highest BCUT2D eigenvalue weighted by molar-refractivity contribution is 5.98. The maximum Gasteiger partial charge on any atom is 0.319 e. The van der Waals surface area contributed by atoms with Crippen molar-refractivity contribution in [2.45, 2.75) is 6.42 Å². The number of nitrogens with one attached hydrogen (secondary N) is 4. The number of hydrogen-bond donors (Lipinski definition) is 4. The number of aromatic nitrogens is 1. The van der Waals surface area contributed by atoms with Gasteiger partial charge in [-0.2, -0.15) is 0 Å². The Bertz CT molecular complexity index is 1280. The number of hydrogen-bond acceptors (Lipinski definition) is 5. The zero-order valence-corrected chi connectivity index (χ0v) is 21.1. The SMILES string of the molecule is O=C(NCCc1cccnc1)Nc1ccc(C(=O)NCCN2CCNCC2)c(C#Cc2ccc(F)cc2)c1. The van der Waals surface area contributed by atoms with E-state index < -0.39 is 0 Å². The summed E-state index contributed by atoms with van der Waals surface area (Å²) in [6.07, 6.45) is 4.12. The van der Waals surface area contributed by atoms with Crippen LogP contribution in [0.2, 0.25) is 0 Å². The van der Waals surface area contributed by atoms with Gasteiger partial charge in [-0.1, -0.05) is 17.9 Å². The fourth-order valence-electron chi connectivity index (χ4n) is 4.00. The molecule has 3 amide bonds. The number of rotatable bonds is 8. The average Bonchev–Trinajstić information content (AvgIpc) is 2.94. The second kappa shape index (κ2) is 13.9. The lowest BCUT2D eigenvalue weighted by Gasteiger charge is -2.27. The summed E-state index contributed by atoms with van der Waals surface area (Å²) < 4.78 is 13.3. The second-order valence-corrected chi connectivity index (χ2v) is 8.86. The van der Waals surface area contributed by atoms with Crippen LogP contribution >= 0.6 is 0 Å². The highest BCUT2D eigenvalue weighted by Gasteiger charge is 2.14. The predicted octanol–water partition coefficient (Wildman–Crippen LogP) is 2.62. The van der Waals surface area contributed by atoms with E-state index in [0.29, 0.717) is 41.9 Å². The van der Waals surface area contributed by atoms with Crippen molar-refractivity contribution < 1.29 is 14.0 Å². The topological polar surface area (TPSA) is 98.4 Å². The number of pyridine rings is 1. The van der Waals surface area contributed by atoms with Gasteiger partial charge in [0.15, 0.2) is 0 Å². The average molecular weight is 515 g/mol. The lowest BCUT2D eigenvalue weighted by atomic mass is 10.1. The Hall–Kier alpha value is -4.26. The maximum absolute atomic E-state index is 13.3. The third kappa shape index (κ3) is 8.40. The molecule has 0 unspecified atom stereocenters. The smallest absolute Gasteiger partial charge is 0.319 e. The minimum Gasteiger partial charge on any atom is -0.351 e. The highest BCUT2D eigenvalue weighted by atomic mass is 19.1. The van der Waals surface area contributed by atoms with Crippen molar-refractivity contribution in [3.05, 3.63) is 95.1 Å². The van der Waals surface area contributed by atoms with Gasteiger partial charge in [0, 0.05) is 75.0 Å². The largest absolute Gasteiger partial charge is 0.351 e. The molecule has 0 saturated carbocycles. The minimum absolute atomic E-state index is 0.240. The van der Waals surface area contributed by atoms with Gasteiger partial charge in [0.25, 0.3) is 5.91 Å². The normalized spacial score (nSPS) is 13.2. The molecule has 1 aliphatic rings. The van der Waals surface area contributed by atoms with Crippen molar-refractivity contribution in [3.8, 4) is 11.8 Å². The summed E-state index contributed by atoms with van der Waals surface area (Å²) in [5.74, 6) is 5.41. The van der Waals surface area contributed by atoms with E-state index in [1.807, 2.05) is 12.1 Å². The summed E-state index contributed by atoms with van der Waals surface area (Å²) in [6.45, 7) is 5.53. The third-order valence-corrected chi connectivity index (χ3v) is 6.05. The van der Waals surface area contributed by atoms with E-state index >= 15 is 0 Å². The first-order valence-electron chi connectivity index (χ1n) is 12.6. The summed E-state index contributed by atoms with van der Waals surface area (Å²) in [7, 11) is 0. The quantitative estimate of drug-likeness (QED) is 0.347. The Balaban J connectivity index is 1.42. The van der Waals surface area contributed by atoms with Crippen LogP contribution in [0.15, 0.2) is 67.0 Å². The molecule has 0 atom stereocenters. The van der Waals surface area contributed by atoms with Crippen molar-refractivity contribution >= 4 is 17.6 Å². The zero-order chi connectivity index (χ0) is 26.6. The van der Waals surface area contributed by atoms with Crippen molar-refractivity contribution in [2.75, 3.05) is 51.1 Å². The second-order valence-electron chi connectivity index (χ2n) is 8.86. The van der Waals surface area contributed by atoms with Crippen LogP contribution in [0.1, 0.15) is 27.0 Å². The number of carbonyl (C=O) groups excluding carboxylic acids is 2. The van der Waals surface area contributed by atoms with Gasteiger partial charge < -0.3 is 21.3 Å². The molecule has 1 fully saturated rings. The summed E-state index contributed by atoms with van der Waals surface area (Å²) >= 11 is 0. The zero-order valence-electron chi connectivity index (χ0n) is 21.1. The van der Waals surface area contributed by atoms with Crippen molar-refractivity contribution in [1.29, 1.82) is 0 Å². The third-order valence-electron chi connectivity index (χ3n) is 6.05. The molecule has 3 aromatic rings.